The minimum atomic E-state index is -8.43. The molecular formula is C13H11F15O3. The Bertz CT molecular complexity index is 666. The second-order valence-corrected chi connectivity index (χ2v) is 6.25. The predicted octanol–water partition coefficient (Wildman–Crippen LogP) is 5.06. The van der Waals surface area contributed by atoms with Crippen molar-refractivity contribution in [2.24, 2.45) is 0 Å². The van der Waals surface area contributed by atoms with Crippen LogP contribution < -0.4 is 0 Å². The molecule has 0 bridgehead atoms. The van der Waals surface area contributed by atoms with E-state index in [0.29, 0.717) is 0 Å². The Hall–Kier alpha value is -1.62. The van der Waals surface area contributed by atoms with Crippen LogP contribution in [0.15, 0.2) is 0 Å². The number of carbonyl (C=O) groups is 1. The molecule has 186 valence electrons. The lowest BCUT2D eigenvalue weighted by molar-refractivity contribution is -0.453. The Kier molecular flexibility index (Phi) is 7.35. The maximum absolute atomic E-state index is 13.7. The zero-order chi connectivity index (χ0) is 25.7. The van der Waals surface area contributed by atoms with Gasteiger partial charge in [0.05, 0.1) is 13.0 Å². The molecule has 31 heavy (non-hydrogen) atoms. The molecular weight excluding hydrogens is 489 g/mol. The molecule has 1 N–H and O–H groups in total. The summed E-state index contributed by atoms with van der Waals surface area (Å²) in [5.74, 6) is -49.9. The summed E-state index contributed by atoms with van der Waals surface area (Å²) in [5.41, 5.74) is -3.84. The summed E-state index contributed by atoms with van der Waals surface area (Å²) in [5, 5.41) is 9.34. The molecule has 0 heterocycles. The van der Waals surface area contributed by atoms with Crippen LogP contribution in [0.2, 0.25) is 0 Å². The summed E-state index contributed by atoms with van der Waals surface area (Å²) in [7, 11) is 0. The zero-order valence-corrected chi connectivity index (χ0v) is 14.8. The van der Waals surface area contributed by atoms with E-state index < -0.39 is 66.3 Å². The van der Waals surface area contributed by atoms with Crippen molar-refractivity contribution >= 4 is 5.97 Å². The molecule has 0 aromatic heterocycles. The lowest BCUT2D eigenvalue weighted by Crippen LogP contribution is -2.73. The summed E-state index contributed by atoms with van der Waals surface area (Å²) in [6.07, 6.45) is -10.9. The number of halogens is 15. The lowest BCUT2D eigenvalue weighted by Gasteiger charge is -2.42. The molecule has 18 heteroatoms. The van der Waals surface area contributed by atoms with Gasteiger partial charge in [0, 0.05) is 0 Å². The fourth-order valence-electron chi connectivity index (χ4n) is 1.90. The quantitative estimate of drug-likeness (QED) is 0.356. The second-order valence-electron chi connectivity index (χ2n) is 6.25. The van der Waals surface area contributed by atoms with Gasteiger partial charge in [-0.1, -0.05) is 0 Å². The van der Waals surface area contributed by atoms with Crippen molar-refractivity contribution in [1.29, 1.82) is 0 Å². The van der Waals surface area contributed by atoms with Gasteiger partial charge in [-0.15, -0.1) is 0 Å². The molecule has 0 spiro atoms. The highest BCUT2D eigenvalue weighted by Crippen LogP contribution is 2.62. The van der Waals surface area contributed by atoms with Crippen LogP contribution >= 0.6 is 0 Å². The molecule has 0 aromatic rings. The van der Waals surface area contributed by atoms with E-state index in [4.69, 9.17) is 0 Å². The van der Waals surface area contributed by atoms with Crippen LogP contribution in [0, 0.1) is 0 Å². The average Bonchev–Trinajstić information content (AvgIpc) is 2.51. The molecule has 1 atom stereocenters. The number of aliphatic hydroxyl groups is 1. The van der Waals surface area contributed by atoms with Crippen molar-refractivity contribution in [3.63, 3.8) is 0 Å². The second kappa shape index (κ2) is 7.75. The maximum Gasteiger partial charge on any atom is 0.460 e. The molecule has 0 aromatic carbocycles. The molecule has 3 nitrogen and oxygen atoms in total. The number of ether oxygens (including phenoxy) is 1. The summed E-state index contributed by atoms with van der Waals surface area (Å²) in [6, 6.07) is 0. The third-order valence-electron chi connectivity index (χ3n) is 3.67. The third kappa shape index (κ3) is 4.35. The number of esters is 1. The van der Waals surface area contributed by atoms with E-state index in [1.54, 1.807) is 0 Å². The molecule has 0 rings (SSSR count). The van der Waals surface area contributed by atoms with E-state index in [2.05, 4.69) is 4.74 Å². The monoisotopic (exact) mass is 500 g/mol. The Balaban J connectivity index is 6.47. The van der Waals surface area contributed by atoms with Gasteiger partial charge in [-0.25, -0.2) is 4.79 Å². The minimum Gasteiger partial charge on any atom is -0.464 e. The molecule has 0 aliphatic heterocycles. The van der Waals surface area contributed by atoms with Crippen molar-refractivity contribution < 1.29 is 80.5 Å². The van der Waals surface area contributed by atoms with Crippen LogP contribution in [0.25, 0.3) is 0 Å². The molecule has 0 saturated carbocycles. The van der Waals surface area contributed by atoms with Crippen LogP contribution in [0.5, 0.6) is 0 Å². The number of carbonyl (C=O) groups excluding carboxylic acids is 1. The number of hydrogen-bond donors (Lipinski definition) is 1. The van der Waals surface area contributed by atoms with Crippen molar-refractivity contribution in [3.8, 4) is 0 Å². The van der Waals surface area contributed by atoms with E-state index in [9.17, 15) is 75.8 Å². The first-order chi connectivity index (χ1) is 13.2. The normalized spacial score (nSPS) is 17.4. The van der Waals surface area contributed by atoms with Crippen molar-refractivity contribution in [1.82, 2.24) is 0 Å². The zero-order valence-electron chi connectivity index (χ0n) is 14.8. The fourth-order valence-corrected chi connectivity index (χ4v) is 1.90. The molecule has 0 amide bonds. The number of hydrogen-bond acceptors (Lipinski definition) is 3. The summed E-state index contributed by atoms with van der Waals surface area (Å²) in [4.78, 5) is 11.2. The summed E-state index contributed by atoms with van der Waals surface area (Å²) < 4.78 is 199. The molecule has 0 saturated heterocycles. The molecule has 1 unspecified atom stereocenters. The Morgan fingerprint density at radius 3 is 1.32 bits per heavy atom. The van der Waals surface area contributed by atoms with Crippen molar-refractivity contribution in [2.45, 2.75) is 67.6 Å². The van der Waals surface area contributed by atoms with Crippen molar-refractivity contribution in [2.75, 3.05) is 6.61 Å². The van der Waals surface area contributed by atoms with E-state index in [-0.39, 0.29) is 6.92 Å². The van der Waals surface area contributed by atoms with E-state index in [1.165, 1.54) is 0 Å². The highest BCUT2D eigenvalue weighted by molar-refractivity contribution is 5.78. The first kappa shape index (κ1) is 29.4. The van der Waals surface area contributed by atoms with Crippen LogP contribution in [-0.2, 0) is 9.53 Å². The lowest BCUT2D eigenvalue weighted by atomic mass is 9.86. The summed E-state index contributed by atoms with van der Waals surface area (Å²) in [6.45, 7) is 0.180. The fraction of sp³-hybridized carbons (Fsp3) is 0.923. The van der Waals surface area contributed by atoms with Crippen LogP contribution in [-0.4, -0.2) is 65.0 Å². The minimum absolute atomic E-state index is 0.0717. The number of alkyl halides is 15. The van der Waals surface area contributed by atoms with Gasteiger partial charge in [-0.3, -0.25) is 0 Å². The standard InChI is InChI=1S/C13H11F15O3/c1-3-31-5(29)6(2,30)4-7(14,15)8(16,17)9(18,19)10(20,21)11(22,23)12(24,25)13(26,27)28/h30H,3-4H2,1-2H3. The number of rotatable bonds is 9. The van der Waals surface area contributed by atoms with E-state index in [1.807, 2.05) is 0 Å². The largest absolute Gasteiger partial charge is 0.464 e. The molecule has 0 fully saturated rings. The van der Waals surface area contributed by atoms with Gasteiger partial charge in [-0.2, -0.15) is 65.9 Å². The van der Waals surface area contributed by atoms with Gasteiger partial charge < -0.3 is 9.84 Å². The first-order valence-electron chi connectivity index (χ1n) is 7.42. The molecule has 0 aliphatic rings. The topological polar surface area (TPSA) is 46.5 Å². The molecule has 0 aliphatic carbocycles. The van der Waals surface area contributed by atoms with Gasteiger partial charge >= 0.3 is 47.7 Å². The Morgan fingerprint density at radius 2 is 1.00 bits per heavy atom. The Labute approximate surface area is 162 Å². The van der Waals surface area contributed by atoms with Gasteiger partial charge in [0.15, 0.2) is 5.60 Å². The van der Waals surface area contributed by atoms with Gasteiger partial charge in [0.2, 0.25) is 0 Å². The van der Waals surface area contributed by atoms with Gasteiger partial charge in [-0.05, 0) is 13.8 Å². The average molecular weight is 500 g/mol. The molecule has 0 radical (unpaired) electrons. The maximum atomic E-state index is 13.7. The van der Waals surface area contributed by atoms with Crippen molar-refractivity contribution in [3.05, 3.63) is 0 Å². The third-order valence-corrected chi connectivity index (χ3v) is 3.67. The van der Waals surface area contributed by atoms with E-state index >= 15 is 0 Å². The van der Waals surface area contributed by atoms with Gasteiger partial charge in [0.25, 0.3) is 0 Å². The van der Waals surface area contributed by atoms with Crippen LogP contribution in [0.3, 0.4) is 0 Å². The smallest absolute Gasteiger partial charge is 0.460 e. The highest BCUT2D eigenvalue weighted by atomic mass is 19.4. The Morgan fingerprint density at radius 1 is 0.677 bits per heavy atom. The van der Waals surface area contributed by atoms with Crippen LogP contribution in [0.1, 0.15) is 20.3 Å². The first-order valence-corrected chi connectivity index (χ1v) is 7.42. The predicted molar refractivity (Wildman–Crippen MR) is 67.6 cm³/mol. The summed E-state index contributed by atoms with van der Waals surface area (Å²) >= 11 is 0. The SMILES string of the molecule is CCOC(=O)C(C)(O)CC(F)(F)C(F)(F)C(F)(F)C(F)(F)C(F)(F)C(F)(F)C(F)(F)F. The van der Waals surface area contributed by atoms with E-state index in [0.717, 1.165) is 6.92 Å². The van der Waals surface area contributed by atoms with Gasteiger partial charge in [0.1, 0.15) is 0 Å². The highest BCUT2D eigenvalue weighted by Gasteiger charge is 2.93. The van der Waals surface area contributed by atoms with Crippen LogP contribution in [0.4, 0.5) is 65.9 Å².